The van der Waals surface area contributed by atoms with Crippen molar-refractivity contribution in [3.8, 4) is 0 Å². The van der Waals surface area contributed by atoms with Gasteiger partial charge in [-0.3, -0.25) is 14.9 Å². The van der Waals surface area contributed by atoms with E-state index in [1.54, 1.807) is 0 Å². The lowest BCUT2D eigenvalue weighted by Gasteiger charge is -2.36. The summed E-state index contributed by atoms with van der Waals surface area (Å²) < 4.78 is 25.0. The van der Waals surface area contributed by atoms with Crippen LogP contribution in [0.15, 0.2) is 10.3 Å². The lowest BCUT2D eigenvalue weighted by atomic mass is 10.00. The number of nitrogens with zero attached hydrogens (tertiary/aromatic N) is 2. The summed E-state index contributed by atoms with van der Waals surface area (Å²) in [5.41, 5.74) is -0.446. The standard InChI is InChI=1S/C9H9ClN2O6S2/c10-9-6(12(15)16)2-8(19-9)20(17,18)11-3-5(4-11)1-7(13)14/h2,5H,1,3-4H2,(H,13,14). The molecule has 0 aromatic carbocycles. The molecule has 1 aromatic heterocycles. The van der Waals surface area contributed by atoms with Crippen LogP contribution in [0.2, 0.25) is 4.34 Å². The number of carboxylic acids is 1. The first-order valence-corrected chi connectivity index (χ1v) is 8.01. The molecule has 0 aliphatic carbocycles. The van der Waals surface area contributed by atoms with E-state index in [0.717, 1.165) is 10.4 Å². The summed E-state index contributed by atoms with van der Waals surface area (Å²) >= 11 is 6.25. The molecule has 1 aromatic rings. The van der Waals surface area contributed by atoms with Crippen LogP contribution in [-0.4, -0.2) is 41.8 Å². The molecule has 8 nitrogen and oxygen atoms in total. The van der Waals surface area contributed by atoms with E-state index in [2.05, 4.69) is 0 Å². The van der Waals surface area contributed by atoms with Gasteiger partial charge >= 0.3 is 5.97 Å². The zero-order chi connectivity index (χ0) is 15.1. The molecule has 11 heteroatoms. The van der Waals surface area contributed by atoms with Crippen molar-refractivity contribution in [3.05, 3.63) is 20.5 Å². The molecule has 1 fully saturated rings. The molecule has 1 N–H and O–H groups in total. The molecule has 0 saturated carbocycles. The molecule has 110 valence electrons. The Morgan fingerprint density at radius 3 is 2.65 bits per heavy atom. The topological polar surface area (TPSA) is 118 Å². The molecular formula is C9H9ClN2O6S2. The predicted molar refractivity (Wildman–Crippen MR) is 70.5 cm³/mol. The Balaban J connectivity index is 2.15. The van der Waals surface area contributed by atoms with Crippen LogP contribution >= 0.6 is 22.9 Å². The van der Waals surface area contributed by atoms with Crippen molar-refractivity contribution in [1.82, 2.24) is 4.31 Å². The van der Waals surface area contributed by atoms with Gasteiger partial charge in [0.1, 0.15) is 4.21 Å². The van der Waals surface area contributed by atoms with E-state index >= 15 is 0 Å². The van der Waals surface area contributed by atoms with Crippen molar-refractivity contribution in [2.24, 2.45) is 5.92 Å². The third kappa shape index (κ3) is 2.77. The molecule has 2 rings (SSSR count). The molecule has 0 atom stereocenters. The SMILES string of the molecule is O=C(O)CC1CN(S(=O)(=O)c2cc([N+](=O)[O-])c(Cl)s2)C1. The Morgan fingerprint density at radius 1 is 1.60 bits per heavy atom. The Labute approximate surface area is 122 Å². The van der Waals surface area contributed by atoms with Crippen LogP contribution in [0, 0.1) is 16.0 Å². The number of hydrogen-bond donors (Lipinski definition) is 1. The maximum absolute atomic E-state index is 12.1. The highest BCUT2D eigenvalue weighted by molar-refractivity contribution is 7.91. The maximum atomic E-state index is 12.1. The number of carboxylic acid groups (broad SMARTS) is 1. The minimum atomic E-state index is -3.84. The summed E-state index contributed by atoms with van der Waals surface area (Å²) in [5, 5.41) is 19.2. The van der Waals surface area contributed by atoms with Gasteiger partial charge in [0.25, 0.3) is 15.7 Å². The summed E-state index contributed by atoms with van der Waals surface area (Å²) in [4.78, 5) is 20.4. The van der Waals surface area contributed by atoms with Crippen molar-refractivity contribution in [2.75, 3.05) is 13.1 Å². The summed E-state index contributed by atoms with van der Waals surface area (Å²) in [7, 11) is -3.84. The van der Waals surface area contributed by atoms with Gasteiger partial charge in [0, 0.05) is 19.2 Å². The minimum Gasteiger partial charge on any atom is -0.481 e. The van der Waals surface area contributed by atoms with Crippen LogP contribution in [0.25, 0.3) is 0 Å². The van der Waals surface area contributed by atoms with Gasteiger partial charge < -0.3 is 5.11 Å². The van der Waals surface area contributed by atoms with Gasteiger partial charge in [0.05, 0.1) is 11.3 Å². The summed E-state index contributed by atoms with van der Waals surface area (Å²) in [6.45, 7) is 0.190. The summed E-state index contributed by atoms with van der Waals surface area (Å²) in [5.74, 6) is -1.21. The monoisotopic (exact) mass is 340 g/mol. The number of carbonyl (C=O) groups is 1. The fourth-order valence-electron chi connectivity index (χ4n) is 1.81. The van der Waals surface area contributed by atoms with Crippen LogP contribution in [0.5, 0.6) is 0 Å². The molecule has 0 spiro atoms. The van der Waals surface area contributed by atoms with E-state index in [1.807, 2.05) is 0 Å². The molecule has 0 radical (unpaired) electrons. The summed E-state index contributed by atoms with van der Waals surface area (Å²) in [6, 6.07) is 0.923. The van der Waals surface area contributed by atoms with Crippen molar-refractivity contribution in [1.29, 1.82) is 0 Å². The highest BCUT2D eigenvalue weighted by atomic mass is 35.5. The Morgan fingerprint density at radius 2 is 2.20 bits per heavy atom. The van der Waals surface area contributed by atoms with Crippen LogP contribution in [-0.2, 0) is 14.8 Å². The number of rotatable bonds is 5. The first kappa shape index (κ1) is 15.2. The second kappa shape index (κ2) is 5.28. The number of sulfonamides is 1. The zero-order valence-corrected chi connectivity index (χ0v) is 12.2. The molecule has 1 aliphatic heterocycles. The van der Waals surface area contributed by atoms with E-state index in [4.69, 9.17) is 16.7 Å². The summed E-state index contributed by atoms with van der Waals surface area (Å²) in [6.07, 6.45) is -0.0998. The first-order valence-electron chi connectivity index (χ1n) is 5.37. The Bertz CT molecular complexity index is 664. The quantitative estimate of drug-likeness (QED) is 0.639. The van der Waals surface area contributed by atoms with E-state index in [0.29, 0.717) is 11.3 Å². The van der Waals surface area contributed by atoms with E-state index in [9.17, 15) is 23.3 Å². The average Bonchev–Trinajstić information content (AvgIpc) is 2.65. The molecule has 0 amide bonds. The number of thiophene rings is 1. The van der Waals surface area contributed by atoms with Crippen LogP contribution < -0.4 is 0 Å². The predicted octanol–water partition coefficient (Wildman–Crippen LogP) is 1.40. The number of aliphatic carboxylic acids is 1. The zero-order valence-electron chi connectivity index (χ0n) is 9.85. The van der Waals surface area contributed by atoms with Gasteiger partial charge in [-0.05, 0) is 5.92 Å². The third-order valence-electron chi connectivity index (χ3n) is 2.82. The molecule has 1 saturated heterocycles. The van der Waals surface area contributed by atoms with Gasteiger partial charge in [-0.2, -0.15) is 4.31 Å². The first-order chi connectivity index (χ1) is 9.21. The Kier molecular flexibility index (Phi) is 4.00. The van der Waals surface area contributed by atoms with Gasteiger partial charge in [0.2, 0.25) is 0 Å². The van der Waals surface area contributed by atoms with Crippen molar-refractivity contribution in [3.63, 3.8) is 0 Å². The number of nitro groups is 1. The van der Waals surface area contributed by atoms with Gasteiger partial charge in [0.15, 0.2) is 4.34 Å². The van der Waals surface area contributed by atoms with Crippen LogP contribution in [0.4, 0.5) is 5.69 Å². The number of hydrogen-bond acceptors (Lipinski definition) is 6. The van der Waals surface area contributed by atoms with Crippen molar-refractivity contribution in [2.45, 2.75) is 10.6 Å². The van der Waals surface area contributed by atoms with Gasteiger partial charge in [-0.1, -0.05) is 11.6 Å². The van der Waals surface area contributed by atoms with Crippen molar-refractivity contribution >= 4 is 44.6 Å². The highest BCUT2D eigenvalue weighted by Crippen LogP contribution is 2.39. The van der Waals surface area contributed by atoms with E-state index < -0.39 is 26.6 Å². The lowest BCUT2D eigenvalue weighted by Crippen LogP contribution is -2.50. The second-order valence-electron chi connectivity index (χ2n) is 4.27. The highest BCUT2D eigenvalue weighted by Gasteiger charge is 2.39. The van der Waals surface area contributed by atoms with Gasteiger partial charge in [-0.25, -0.2) is 8.42 Å². The molecule has 0 unspecified atom stereocenters. The largest absolute Gasteiger partial charge is 0.481 e. The van der Waals surface area contributed by atoms with Crippen molar-refractivity contribution < 1.29 is 23.2 Å². The molecule has 1 aliphatic rings. The fraction of sp³-hybridized carbons (Fsp3) is 0.444. The fourth-order valence-corrected chi connectivity index (χ4v) is 5.22. The van der Waals surface area contributed by atoms with E-state index in [-0.39, 0.29) is 34.0 Å². The van der Waals surface area contributed by atoms with Gasteiger partial charge in [-0.15, -0.1) is 11.3 Å². The number of halogens is 1. The maximum Gasteiger partial charge on any atom is 0.303 e. The molecule has 0 bridgehead atoms. The van der Waals surface area contributed by atoms with Crippen LogP contribution in [0.1, 0.15) is 6.42 Å². The molecule has 2 heterocycles. The second-order valence-corrected chi connectivity index (χ2v) is 8.09. The third-order valence-corrected chi connectivity index (χ3v) is 6.44. The smallest absolute Gasteiger partial charge is 0.303 e. The normalized spacial score (nSPS) is 16.9. The molecular weight excluding hydrogens is 332 g/mol. The minimum absolute atomic E-state index is 0.0952. The molecule has 20 heavy (non-hydrogen) atoms. The van der Waals surface area contributed by atoms with Crippen LogP contribution in [0.3, 0.4) is 0 Å². The van der Waals surface area contributed by atoms with E-state index in [1.165, 1.54) is 0 Å². The average molecular weight is 341 g/mol. The lowest BCUT2D eigenvalue weighted by molar-refractivity contribution is -0.384. The Hall–Kier alpha value is -1.23.